The van der Waals surface area contributed by atoms with E-state index in [4.69, 9.17) is 10.3 Å². The molecule has 78 valence electrons. The van der Waals surface area contributed by atoms with Gasteiger partial charge in [-0.3, -0.25) is 0 Å². The summed E-state index contributed by atoms with van der Waals surface area (Å²) in [5, 5.41) is 0. The van der Waals surface area contributed by atoms with E-state index in [0.29, 0.717) is 6.61 Å². The summed E-state index contributed by atoms with van der Waals surface area (Å²) < 4.78 is 4.95. The highest BCUT2D eigenvalue weighted by Gasteiger charge is 2.18. The normalized spacial score (nSPS) is 23.3. The van der Waals surface area contributed by atoms with Gasteiger partial charge in [0.1, 0.15) is 0 Å². The molecule has 0 aromatic rings. The second-order valence-corrected chi connectivity index (χ2v) is 4.41. The SMILES string of the molecule is CN1CCC(C[C@@H](N)COP)CC1. The Morgan fingerprint density at radius 1 is 1.54 bits per heavy atom. The summed E-state index contributed by atoms with van der Waals surface area (Å²) in [5.41, 5.74) is 5.90. The van der Waals surface area contributed by atoms with Crippen LogP contribution in [0.4, 0.5) is 0 Å². The van der Waals surface area contributed by atoms with Gasteiger partial charge in [0.15, 0.2) is 0 Å². The van der Waals surface area contributed by atoms with Crippen LogP contribution in [0.3, 0.4) is 0 Å². The number of piperidine rings is 1. The smallest absolute Gasteiger partial charge is 0.0653 e. The maximum Gasteiger partial charge on any atom is 0.0653 e. The molecule has 0 amide bonds. The van der Waals surface area contributed by atoms with Gasteiger partial charge in [0.05, 0.1) is 6.61 Å². The average molecular weight is 204 g/mol. The molecule has 1 aliphatic heterocycles. The summed E-state index contributed by atoms with van der Waals surface area (Å²) in [5.74, 6) is 0.811. The minimum absolute atomic E-state index is 0.214. The molecule has 0 saturated carbocycles. The number of hydrogen-bond donors (Lipinski definition) is 1. The maximum atomic E-state index is 5.90. The monoisotopic (exact) mass is 204 g/mol. The lowest BCUT2D eigenvalue weighted by molar-refractivity contribution is 0.195. The highest BCUT2D eigenvalue weighted by atomic mass is 31.0. The maximum absolute atomic E-state index is 5.90. The van der Waals surface area contributed by atoms with Gasteiger partial charge in [-0.15, -0.1) is 0 Å². The van der Waals surface area contributed by atoms with Crippen LogP contribution in [0.25, 0.3) is 0 Å². The summed E-state index contributed by atoms with van der Waals surface area (Å²) >= 11 is 0. The molecule has 1 rings (SSSR count). The Hall–Kier alpha value is 0.310. The average Bonchev–Trinajstić information content (AvgIpc) is 2.09. The molecular formula is C9H21N2OP. The number of rotatable bonds is 4. The van der Waals surface area contributed by atoms with E-state index in [1.165, 1.54) is 25.9 Å². The van der Waals surface area contributed by atoms with Gasteiger partial charge in [0.25, 0.3) is 0 Å². The predicted octanol–water partition coefficient (Wildman–Crippen LogP) is 0.852. The van der Waals surface area contributed by atoms with Crippen molar-refractivity contribution < 1.29 is 4.52 Å². The number of hydrogen-bond acceptors (Lipinski definition) is 3. The highest BCUT2D eigenvalue weighted by Crippen LogP contribution is 2.20. The lowest BCUT2D eigenvalue weighted by Gasteiger charge is -2.30. The fourth-order valence-corrected chi connectivity index (χ4v) is 2.16. The van der Waals surface area contributed by atoms with E-state index in [-0.39, 0.29) is 6.04 Å². The Bertz CT molecular complexity index is 138. The Morgan fingerprint density at radius 3 is 2.69 bits per heavy atom. The number of nitrogens with zero attached hydrogens (tertiary/aromatic N) is 1. The molecule has 1 saturated heterocycles. The van der Waals surface area contributed by atoms with Crippen molar-refractivity contribution in [1.29, 1.82) is 0 Å². The lowest BCUT2D eigenvalue weighted by atomic mass is 9.91. The first-order chi connectivity index (χ1) is 6.22. The van der Waals surface area contributed by atoms with Crippen LogP contribution in [0.5, 0.6) is 0 Å². The zero-order valence-electron chi connectivity index (χ0n) is 8.41. The lowest BCUT2D eigenvalue weighted by Crippen LogP contribution is -2.34. The minimum Gasteiger partial charge on any atom is -0.364 e. The minimum atomic E-state index is 0.214. The zero-order valence-corrected chi connectivity index (χ0v) is 9.56. The zero-order chi connectivity index (χ0) is 9.68. The quantitative estimate of drug-likeness (QED) is 0.690. The van der Waals surface area contributed by atoms with Crippen LogP contribution in [-0.4, -0.2) is 37.7 Å². The molecule has 0 aromatic heterocycles. The van der Waals surface area contributed by atoms with Gasteiger partial charge in [-0.05, 0) is 45.3 Å². The molecule has 1 heterocycles. The molecule has 1 fully saturated rings. The molecule has 2 atom stereocenters. The Labute approximate surface area is 83.3 Å². The highest BCUT2D eigenvalue weighted by molar-refractivity contribution is 7.09. The Morgan fingerprint density at radius 2 is 2.15 bits per heavy atom. The van der Waals surface area contributed by atoms with Crippen LogP contribution < -0.4 is 5.73 Å². The largest absolute Gasteiger partial charge is 0.364 e. The van der Waals surface area contributed by atoms with Gasteiger partial charge in [-0.25, -0.2) is 0 Å². The van der Waals surface area contributed by atoms with E-state index in [2.05, 4.69) is 21.4 Å². The second-order valence-electron chi connectivity index (χ2n) is 4.08. The molecule has 2 N–H and O–H groups in total. The molecule has 1 unspecified atom stereocenters. The third-order valence-electron chi connectivity index (χ3n) is 2.78. The van der Waals surface area contributed by atoms with E-state index in [0.717, 1.165) is 12.3 Å². The third-order valence-corrected chi connectivity index (χ3v) is 2.98. The van der Waals surface area contributed by atoms with Crippen molar-refractivity contribution in [3.05, 3.63) is 0 Å². The molecule has 13 heavy (non-hydrogen) atoms. The van der Waals surface area contributed by atoms with E-state index in [1.54, 1.807) is 0 Å². The first kappa shape index (κ1) is 11.4. The Balaban J connectivity index is 2.14. The molecule has 0 aromatic carbocycles. The first-order valence-electron chi connectivity index (χ1n) is 4.98. The first-order valence-corrected chi connectivity index (χ1v) is 5.45. The summed E-state index contributed by atoms with van der Waals surface area (Å²) in [7, 11) is 4.44. The van der Waals surface area contributed by atoms with Crippen molar-refractivity contribution in [3.63, 3.8) is 0 Å². The summed E-state index contributed by atoms with van der Waals surface area (Å²) in [6, 6.07) is 0.214. The van der Waals surface area contributed by atoms with E-state index in [9.17, 15) is 0 Å². The van der Waals surface area contributed by atoms with Crippen LogP contribution in [-0.2, 0) is 4.52 Å². The van der Waals surface area contributed by atoms with Crippen LogP contribution in [0.1, 0.15) is 19.3 Å². The molecular weight excluding hydrogens is 183 g/mol. The fourth-order valence-electron chi connectivity index (χ4n) is 1.92. The van der Waals surface area contributed by atoms with Crippen LogP contribution in [0, 0.1) is 5.92 Å². The molecule has 3 nitrogen and oxygen atoms in total. The Kier molecular flexibility index (Phi) is 5.18. The van der Waals surface area contributed by atoms with Crippen LogP contribution in [0.2, 0.25) is 0 Å². The second kappa shape index (κ2) is 5.92. The third kappa shape index (κ3) is 4.37. The standard InChI is InChI=1S/C9H21N2OP/c1-11-4-2-8(3-5-11)6-9(10)7-12-13/h8-9H,2-7,10,13H2,1H3/t9-/m1/s1. The van der Waals surface area contributed by atoms with E-state index < -0.39 is 0 Å². The topological polar surface area (TPSA) is 38.5 Å². The van der Waals surface area contributed by atoms with Crippen molar-refractivity contribution in [2.24, 2.45) is 11.7 Å². The molecule has 0 aliphatic carbocycles. The molecule has 0 bridgehead atoms. The van der Waals surface area contributed by atoms with Crippen molar-refractivity contribution in [2.45, 2.75) is 25.3 Å². The predicted molar refractivity (Wildman–Crippen MR) is 58.5 cm³/mol. The number of likely N-dealkylation sites (tertiary alicyclic amines) is 1. The molecule has 0 spiro atoms. The van der Waals surface area contributed by atoms with Crippen LogP contribution >= 0.6 is 9.47 Å². The van der Waals surface area contributed by atoms with Crippen molar-refractivity contribution in [2.75, 3.05) is 26.7 Å². The molecule has 4 heteroatoms. The van der Waals surface area contributed by atoms with Gasteiger partial charge >= 0.3 is 0 Å². The van der Waals surface area contributed by atoms with E-state index in [1.807, 2.05) is 0 Å². The summed E-state index contributed by atoms with van der Waals surface area (Å²) in [4.78, 5) is 2.38. The number of nitrogens with two attached hydrogens (primary N) is 1. The van der Waals surface area contributed by atoms with Crippen molar-refractivity contribution in [3.8, 4) is 0 Å². The van der Waals surface area contributed by atoms with Gasteiger partial charge < -0.3 is 15.2 Å². The van der Waals surface area contributed by atoms with Gasteiger partial charge in [-0.1, -0.05) is 0 Å². The van der Waals surface area contributed by atoms with Crippen molar-refractivity contribution >= 4 is 9.47 Å². The van der Waals surface area contributed by atoms with E-state index >= 15 is 0 Å². The van der Waals surface area contributed by atoms with Crippen molar-refractivity contribution in [1.82, 2.24) is 4.90 Å². The van der Waals surface area contributed by atoms with Crippen LogP contribution in [0.15, 0.2) is 0 Å². The molecule has 1 aliphatic rings. The van der Waals surface area contributed by atoms with Gasteiger partial charge in [-0.2, -0.15) is 0 Å². The van der Waals surface area contributed by atoms with Gasteiger partial charge in [0, 0.05) is 15.5 Å². The van der Waals surface area contributed by atoms with Gasteiger partial charge in [0.2, 0.25) is 0 Å². The molecule has 0 radical (unpaired) electrons. The fraction of sp³-hybridized carbons (Fsp3) is 1.00. The summed E-state index contributed by atoms with van der Waals surface area (Å²) in [6.07, 6.45) is 3.70. The summed E-state index contributed by atoms with van der Waals surface area (Å²) in [6.45, 7) is 3.11.